The maximum atomic E-state index is 10.5. The largest absolute Gasteiger partial charge is 0.412 e. The molecule has 66 valence electrons. The van der Waals surface area contributed by atoms with Crippen LogP contribution in [0.15, 0.2) is 30.3 Å². The van der Waals surface area contributed by atoms with Crippen molar-refractivity contribution in [2.75, 3.05) is 0 Å². The molecule has 0 saturated heterocycles. The molecule has 0 heterocycles. The van der Waals surface area contributed by atoms with E-state index >= 15 is 0 Å². The summed E-state index contributed by atoms with van der Waals surface area (Å²) in [4.78, 5) is 10.5. The number of carbonyl (C=O) groups excluding carboxylic acids is 1. The van der Waals surface area contributed by atoms with Gasteiger partial charge in [0.25, 0.3) is 5.91 Å². The molecule has 4 nitrogen and oxygen atoms in total. The van der Waals surface area contributed by atoms with Gasteiger partial charge in [0.1, 0.15) is 0 Å². The Kier molecular flexibility index (Phi) is 3.96. The minimum atomic E-state index is -1.18. The van der Waals surface area contributed by atoms with Gasteiger partial charge >= 0.3 is 0 Å². The smallest absolute Gasteiger partial charge is 0.250 e. The van der Waals surface area contributed by atoms with E-state index in [-0.39, 0.29) is 5.48 Å². The molecule has 0 aliphatic heterocycles. The first kappa shape index (κ1) is 10.6. The number of carbonyl (C=O) groups is 1. The molecule has 4 heteroatoms. The molecule has 1 aromatic carbocycles. The number of aliphatic hydroxyl groups excluding tert-OH is 1. The minimum Gasteiger partial charge on any atom is -0.412 e. The number of rotatable bonds is 2. The third-order valence-corrected chi connectivity index (χ3v) is 1.38. The Morgan fingerprint density at radius 3 is 2.25 bits per heavy atom. The molecule has 5 N–H and O–H groups in total. The second-order valence-corrected chi connectivity index (χ2v) is 2.22. The van der Waals surface area contributed by atoms with Crippen LogP contribution in [-0.2, 0) is 4.79 Å². The summed E-state index contributed by atoms with van der Waals surface area (Å²) in [6, 6.07) is 8.57. The van der Waals surface area contributed by atoms with Crippen molar-refractivity contribution >= 4 is 5.91 Å². The average molecular weight is 169 g/mol. The molecule has 12 heavy (non-hydrogen) atoms. The third-order valence-electron chi connectivity index (χ3n) is 1.38. The highest BCUT2D eigenvalue weighted by Gasteiger charge is 2.11. The molecule has 0 aliphatic carbocycles. The van der Waals surface area contributed by atoms with E-state index in [9.17, 15) is 4.79 Å². The first-order chi connectivity index (χ1) is 5.22. The van der Waals surface area contributed by atoms with Gasteiger partial charge in [0.2, 0.25) is 0 Å². The number of hydrogen-bond donors (Lipinski definition) is 2. The lowest BCUT2D eigenvalue weighted by Crippen LogP contribution is -2.20. The van der Waals surface area contributed by atoms with E-state index < -0.39 is 12.0 Å². The van der Waals surface area contributed by atoms with Crippen molar-refractivity contribution in [1.82, 2.24) is 0 Å². The van der Waals surface area contributed by atoms with Gasteiger partial charge in [-0.05, 0) is 5.56 Å². The summed E-state index contributed by atoms with van der Waals surface area (Å²) in [6.07, 6.45) is -1.18. The van der Waals surface area contributed by atoms with Crippen LogP contribution in [0.3, 0.4) is 0 Å². The summed E-state index contributed by atoms with van der Waals surface area (Å²) < 4.78 is 0. The lowest BCUT2D eigenvalue weighted by atomic mass is 10.1. The Morgan fingerprint density at radius 2 is 1.83 bits per heavy atom. The first-order valence-corrected chi connectivity index (χ1v) is 3.24. The summed E-state index contributed by atoms with van der Waals surface area (Å²) in [5.74, 6) is -0.726. The van der Waals surface area contributed by atoms with Gasteiger partial charge in [-0.25, -0.2) is 0 Å². The normalized spacial score (nSPS) is 11.4. The summed E-state index contributed by atoms with van der Waals surface area (Å²) >= 11 is 0. The zero-order valence-electron chi connectivity index (χ0n) is 6.40. The summed E-state index contributed by atoms with van der Waals surface area (Å²) in [6.45, 7) is 0. The zero-order valence-corrected chi connectivity index (χ0v) is 6.40. The second-order valence-electron chi connectivity index (χ2n) is 2.22. The van der Waals surface area contributed by atoms with E-state index in [4.69, 9.17) is 10.8 Å². The van der Waals surface area contributed by atoms with Gasteiger partial charge in [0, 0.05) is 0 Å². The Bertz CT molecular complexity index is 248. The van der Waals surface area contributed by atoms with Crippen LogP contribution in [0.5, 0.6) is 0 Å². The monoisotopic (exact) mass is 169 g/mol. The van der Waals surface area contributed by atoms with Crippen LogP contribution in [0.2, 0.25) is 0 Å². The molecule has 1 amide bonds. The maximum Gasteiger partial charge on any atom is 0.250 e. The summed E-state index contributed by atoms with van der Waals surface area (Å²) in [7, 11) is 0. The van der Waals surface area contributed by atoms with Crippen molar-refractivity contribution in [1.29, 1.82) is 0 Å². The molecule has 0 aliphatic rings. The molecule has 0 bridgehead atoms. The molecule has 1 atom stereocenters. The van der Waals surface area contributed by atoms with Crippen LogP contribution in [0.4, 0.5) is 0 Å². The molecule has 1 rings (SSSR count). The molecular weight excluding hydrogens is 158 g/mol. The number of primary amides is 1. The van der Waals surface area contributed by atoms with Gasteiger partial charge in [-0.15, -0.1) is 0 Å². The third kappa shape index (κ3) is 2.34. The van der Waals surface area contributed by atoms with Crippen LogP contribution in [0.25, 0.3) is 0 Å². The van der Waals surface area contributed by atoms with E-state index in [2.05, 4.69) is 0 Å². The van der Waals surface area contributed by atoms with Crippen LogP contribution in [0.1, 0.15) is 11.7 Å². The molecule has 0 spiro atoms. The fourth-order valence-corrected chi connectivity index (χ4v) is 0.800. The van der Waals surface area contributed by atoms with E-state index in [0.29, 0.717) is 5.56 Å². The van der Waals surface area contributed by atoms with E-state index in [0.717, 1.165) is 0 Å². The predicted molar refractivity (Wildman–Crippen MR) is 44.2 cm³/mol. The summed E-state index contributed by atoms with van der Waals surface area (Å²) in [5, 5.41) is 9.12. The van der Waals surface area contributed by atoms with Crippen LogP contribution in [0, 0.1) is 0 Å². The van der Waals surface area contributed by atoms with Crippen LogP contribution >= 0.6 is 0 Å². The van der Waals surface area contributed by atoms with E-state index in [1.165, 1.54) is 0 Å². The Hall–Kier alpha value is -1.39. The molecule has 1 unspecified atom stereocenters. The van der Waals surface area contributed by atoms with Crippen molar-refractivity contribution in [2.24, 2.45) is 5.73 Å². The quantitative estimate of drug-likeness (QED) is 0.617. The van der Waals surface area contributed by atoms with E-state index in [1.54, 1.807) is 30.3 Å². The predicted octanol–water partition coefficient (Wildman–Crippen LogP) is -0.619. The number of amides is 1. The maximum absolute atomic E-state index is 10.5. The minimum absolute atomic E-state index is 0. The van der Waals surface area contributed by atoms with Crippen molar-refractivity contribution in [3.05, 3.63) is 35.9 Å². The fourth-order valence-electron chi connectivity index (χ4n) is 0.800. The topological polar surface area (TPSA) is 94.8 Å². The Morgan fingerprint density at radius 1 is 1.33 bits per heavy atom. The lowest BCUT2D eigenvalue weighted by Gasteiger charge is -2.04. The SMILES string of the molecule is NC(=O)C(O)c1ccccc1.O. The van der Waals surface area contributed by atoms with Gasteiger partial charge in [-0.3, -0.25) is 4.79 Å². The van der Waals surface area contributed by atoms with Gasteiger partial charge in [0.15, 0.2) is 6.10 Å². The highest BCUT2D eigenvalue weighted by atomic mass is 16.3. The zero-order chi connectivity index (χ0) is 8.27. The van der Waals surface area contributed by atoms with Gasteiger partial charge in [0.05, 0.1) is 0 Å². The Labute approximate surface area is 69.9 Å². The van der Waals surface area contributed by atoms with Crippen molar-refractivity contribution in [2.45, 2.75) is 6.10 Å². The Balaban J connectivity index is 0.00000121. The van der Waals surface area contributed by atoms with E-state index in [1.807, 2.05) is 0 Å². The number of hydrogen-bond acceptors (Lipinski definition) is 2. The highest BCUT2D eigenvalue weighted by molar-refractivity contribution is 5.79. The lowest BCUT2D eigenvalue weighted by molar-refractivity contribution is -0.126. The van der Waals surface area contributed by atoms with Crippen LogP contribution < -0.4 is 5.73 Å². The van der Waals surface area contributed by atoms with Crippen molar-refractivity contribution in [3.63, 3.8) is 0 Å². The molecule has 0 saturated carbocycles. The number of benzene rings is 1. The van der Waals surface area contributed by atoms with Crippen LogP contribution in [-0.4, -0.2) is 16.5 Å². The van der Waals surface area contributed by atoms with Gasteiger partial charge in [-0.1, -0.05) is 30.3 Å². The second kappa shape index (κ2) is 4.48. The molecule has 0 aromatic heterocycles. The van der Waals surface area contributed by atoms with Gasteiger partial charge < -0.3 is 16.3 Å². The first-order valence-electron chi connectivity index (χ1n) is 3.24. The molecular formula is C8H11NO3. The fraction of sp³-hybridized carbons (Fsp3) is 0.125. The standard InChI is InChI=1S/C8H9NO2.H2O/c9-8(11)7(10)6-4-2-1-3-5-6;/h1-5,7,10H,(H2,9,11);1H2. The van der Waals surface area contributed by atoms with Gasteiger partial charge in [-0.2, -0.15) is 0 Å². The number of nitrogens with two attached hydrogens (primary N) is 1. The average Bonchev–Trinajstić information content (AvgIpc) is 2.05. The molecule has 0 fully saturated rings. The highest BCUT2D eigenvalue weighted by Crippen LogP contribution is 2.10. The van der Waals surface area contributed by atoms with Crippen molar-refractivity contribution < 1.29 is 15.4 Å². The summed E-state index contributed by atoms with van der Waals surface area (Å²) in [5.41, 5.74) is 5.41. The number of aliphatic hydroxyl groups is 1. The molecule has 0 radical (unpaired) electrons. The molecule has 1 aromatic rings. The van der Waals surface area contributed by atoms with Crippen molar-refractivity contribution in [3.8, 4) is 0 Å².